The highest BCUT2D eigenvalue weighted by Crippen LogP contribution is 2.30. The first-order chi connectivity index (χ1) is 7.74. The van der Waals surface area contributed by atoms with Gasteiger partial charge in [-0.1, -0.05) is 0 Å². The van der Waals surface area contributed by atoms with E-state index in [2.05, 4.69) is 15.4 Å². The molecule has 1 aromatic carbocycles. The smallest absolute Gasteiger partial charge is 0.246 e. The maximum absolute atomic E-state index is 11.6. The normalized spacial score (nSPS) is 13.6. The quantitative estimate of drug-likeness (QED) is 0.626. The predicted molar refractivity (Wildman–Crippen MR) is 58.5 cm³/mol. The molecule has 1 aliphatic heterocycles. The van der Waals surface area contributed by atoms with Crippen LogP contribution >= 0.6 is 0 Å². The van der Waals surface area contributed by atoms with E-state index >= 15 is 0 Å². The Balaban J connectivity index is 2.29. The number of amides is 1. The van der Waals surface area contributed by atoms with Crippen LogP contribution in [0.5, 0.6) is 0 Å². The molecule has 0 radical (unpaired) electrons. The molecule has 0 saturated carbocycles. The number of hydrogen-bond donors (Lipinski definition) is 2. The first-order valence-corrected chi connectivity index (χ1v) is 4.81. The van der Waals surface area contributed by atoms with Crippen LogP contribution in [0, 0.1) is 0 Å². The SMILES string of the molecule is Nc1ccc2c(c1)-c1ncnn1CC(=O)N2. The summed E-state index contributed by atoms with van der Waals surface area (Å²) in [6, 6.07) is 5.29. The third kappa shape index (κ3) is 1.23. The van der Waals surface area contributed by atoms with Gasteiger partial charge in [0.25, 0.3) is 0 Å². The van der Waals surface area contributed by atoms with Crippen LogP contribution in [-0.4, -0.2) is 20.7 Å². The summed E-state index contributed by atoms with van der Waals surface area (Å²) in [7, 11) is 0. The molecule has 0 aliphatic carbocycles. The van der Waals surface area contributed by atoms with Crippen molar-refractivity contribution in [2.45, 2.75) is 6.54 Å². The zero-order valence-corrected chi connectivity index (χ0v) is 8.34. The van der Waals surface area contributed by atoms with Crippen molar-refractivity contribution in [3.05, 3.63) is 24.5 Å². The Morgan fingerprint density at radius 3 is 3.19 bits per heavy atom. The summed E-state index contributed by atoms with van der Waals surface area (Å²) in [6.07, 6.45) is 1.43. The largest absolute Gasteiger partial charge is 0.399 e. The number of nitrogen functional groups attached to an aromatic ring is 1. The van der Waals surface area contributed by atoms with Crippen molar-refractivity contribution < 1.29 is 4.79 Å². The first kappa shape index (κ1) is 8.90. The van der Waals surface area contributed by atoms with Gasteiger partial charge in [0.05, 0.1) is 5.69 Å². The average molecular weight is 215 g/mol. The molecule has 1 aromatic heterocycles. The minimum Gasteiger partial charge on any atom is -0.399 e. The van der Waals surface area contributed by atoms with E-state index in [-0.39, 0.29) is 12.5 Å². The van der Waals surface area contributed by atoms with Crippen molar-refractivity contribution in [2.24, 2.45) is 0 Å². The number of nitrogens with zero attached hydrogens (tertiary/aromatic N) is 3. The fraction of sp³-hybridized carbons (Fsp3) is 0.100. The van der Waals surface area contributed by atoms with E-state index in [0.29, 0.717) is 17.2 Å². The monoisotopic (exact) mass is 215 g/mol. The zero-order chi connectivity index (χ0) is 11.1. The van der Waals surface area contributed by atoms with E-state index in [1.807, 2.05) is 0 Å². The summed E-state index contributed by atoms with van der Waals surface area (Å²) in [4.78, 5) is 15.7. The van der Waals surface area contributed by atoms with Crippen molar-refractivity contribution in [2.75, 3.05) is 11.1 Å². The second-order valence-electron chi connectivity index (χ2n) is 3.59. The highest BCUT2D eigenvalue weighted by Gasteiger charge is 2.19. The minimum absolute atomic E-state index is 0.115. The molecule has 2 aromatic rings. The lowest BCUT2D eigenvalue weighted by Gasteiger charge is -2.05. The second kappa shape index (κ2) is 3.06. The van der Waals surface area contributed by atoms with Crippen LogP contribution in [0.4, 0.5) is 11.4 Å². The predicted octanol–water partition coefficient (Wildman–Crippen LogP) is 0.479. The van der Waals surface area contributed by atoms with Gasteiger partial charge in [0.15, 0.2) is 5.82 Å². The zero-order valence-electron chi connectivity index (χ0n) is 8.34. The molecule has 1 aliphatic rings. The van der Waals surface area contributed by atoms with Gasteiger partial charge in [-0.15, -0.1) is 0 Å². The summed E-state index contributed by atoms with van der Waals surface area (Å²) >= 11 is 0. The fourth-order valence-corrected chi connectivity index (χ4v) is 1.77. The lowest BCUT2D eigenvalue weighted by molar-refractivity contribution is -0.116. The van der Waals surface area contributed by atoms with E-state index in [9.17, 15) is 4.79 Å². The summed E-state index contributed by atoms with van der Waals surface area (Å²) in [5.74, 6) is 0.538. The number of aromatic nitrogens is 3. The lowest BCUT2D eigenvalue weighted by atomic mass is 10.1. The van der Waals surface area contributed by atoms with Crippen molar-refractivity contribution in [3.8, 4) is 11.4 Å². The van der Waals surface area contributed by atoms with Gasteiger partial charge in [0.2, 0.25) is 5.91 Å². The molecule has 2 heterocycles. The Labute approximate surface area is 91.1 Å². The number of fused-ring (bicyclic) bond motifs is 3. The van der Waals surface area contributed by atoms with Crippen molar-refractivity contribution in [1.82, 2.24) is 14.8 Å². The molecule has 0 fully saturated rings. The van der Waals surface area contributed by atoms with Gasteiger partial charge in [-0.2, -0.15) is 5.10 Å². The lowest BCUT2D eigenvalue weighted by Crippen LogP contribution is -2.17. The van der Waals surface area contributed by atoms with Crippen LogP contribution in [0.1, 0.15) is 0 Å². The van der Waals surface area contributed by atoms with Gasteiger partial charge in [-0.05, 0) is 18.2 Å². The van der Waals surface area contributed by atoms with Gasteiger partial charge >= 0.3 is 0 Å². The second-order valence-corrected chi connectivity index (χ2v) is 3.59. The van der Waals surface area contributed by atoms with E-state index in [0.717, 1.165) is 5.56 Å². The molecule has 0 unspecified atom stereocenters. The number of hydrogen-bond acceptors (Lipinski definition) is 4. The van der Waals surface area contributed by atoms with E-state index < -0.39 is 0 Å². The van der Waals surface area contributed by atoms with Gasteiger partial charge < -0.3 is 11.1 Å². The molecule has 3 rings (SSSR count). The summed E-state index contributed by atoms with van der Waals surface area (Å²) in [5.41, 5.74) is 7.86. The molecule has 0 bridgehead atoms. The molecule has 0 spiro atoms. The van der Waals surface area contributed by atoms with Gasteiger partial charge in [0, 0.05) is 11.3 Å². The molecule has 6 nitrogen and oxygen atoms in total. The van der Waals surface area contributed by atoms with Gasteiger partial charge in [-0.25, -0.2) is 9.67 Å². The van der Waals surface area contributed by atoms with Crippen LogP contribution in [0.2, 0.25) is 0 Å². The van der Waals surface area contributed by atoms with E-state index in [1.54, 1.807) is 22.9 Å². The van der Waals surface area contributed by atoms with Gasteiger partial charge in [-0.3, -0.25) is 4.79 Å². The molecule has 16 heavy (non-hydrogen) atoms. The molecular formula is C10H9N5O. The fourth-order valence-electron chi connectivity index (χ4n) is 1.77. The number of nitrogens with one attached hydrogen (secondary N) is 1. The maximum Gasteiger partial charge on any atom is 0.246 e. The highest BCUT2D eigenvalue weighted by atomic mass is 16.2. The molecule has 1 amide bonds. The third-order valence-corrected chi connectivity index (χ3v) is 2.47. The van der Waals surface area contributed by atoms with Crippen LogP contribution in [0.25, 0.3) is 11.4 Å². The van der Waals surface area contributed by atoms with Crippen LogP contribution < -0.4 is 11.1 Å². The number of carbonyl (C=O) groups is 1. The third-order valence-electron chi connectivity index (χ3n) is 2.47. The van der Waals surface area contributed by atoms with Crippen LogP contribution in [0.15, 0.2) is 24.5 Å². The molecule has 6 heteroatoms. The van der Waals surface area contributed by atoms with Gasteiger partial charge in [0.1, 0.15) is 12.9 Å². The summed E-state index contributed by atoms with van der Waals surface area (Å²) in [6.45, 7) is 0.171. The molecule has 80 valence electrons. The van der Waals surface area contributed by atoms with Crippen molar-refractivity contribution in [3.63, 3.8) is 0 Å². The summed E-state index contributed by atoms with van der Waals surface area (Å²) < 4.78 is 1.56. The van der Waals surface area contributed by atoms with E-state index in [1.165, 1.54) is 6.33 Å². The number of benzene rings is 1. The molecule has 0 saturated heterocycles. The highest BCUT2D eigenvalue weighted by molar-refractivity contribution is 5.97. The average Bonchev–Trinajstić information content (AvgIpc) is 2.64. The Hall–Kier alpha value is -2.37. The van der Waals surface area contributed by atoms with Crippen LogP contribution in [-0.2, 0) is 11.3 Å². The van der Waals surface area contributed by atoms with E-state index in [4.69, 9.17) is 5.73 Å². The van der Waals surface area contributed by atoms with Crippen molar-refractivity contribution in [1.29, 1.82) is 0 Å². The van der Waals surface area contributed by atoms with Crippen LogP contribution in [0.3, 0.4) is 0 Å². The number of rotatable bonds is 0. The first-order valence-electron chi connectivity index (χ1n) is 4.81. The molecule has 3 N–H and O–H groups in total. The minimum atomic E-state index is -0.115. The Kier molecular flexibility index (Phi) is 1.70. The summed E-state index contributed by atoms with van der Waals surface area (Å²) in [5, 5.41) is 6.79. The maximum atomic E-state index is 11.6. The molecule has 0 atom stereocenters. The van der Waals surface area contributed by atoms with Crippen molar-refractivity contribution >= 4 is 17.3 Å². The number of anilines is 2. The number of carbonyl (C=O) groups excluding carboxylic acids is 1. The Morgan fingerprint density at radius 1 is 1.44 bits per heavy atom. The standard InChI is InChI=1S/C10H9N5O/c11-6-1-2-8-7(3-6)10-12-5-13-15(10)4-9(16)14-8/h1-3,5H,4,11H2,(H,14,16). The Bertz CT molecular complexity index is 574. The topological polar surface area (TPSA) is 85.8 Å². The number of nitrogens with two attached hydrogens (primary N) is 1. The molecular weight excluding hydrogens is 206 g/mol. The Morgan fingerprint density at radius 2 is 2.31 bits per heavy atom.